The minimum Gasteiger partial charge on any atom is -0.505 e. The van der Waals surface area contributed by atoms with Gasteiger partial charge in [-0.3, -0.25) is 9.11 Å². The van der Waals surface area contributed by atoms with E-state index in [4.69, 9.17) is 9.54 Å². The molecule has 0 bridgehead atoms. The highest BCUT2D eigenvalue weighted by molar-refractivity contribution is 7.86. The molecule has 2 aromatic heterocycles. The molecule has 0 radical (unpaired) electrons. The van der Waals surface area contributed by atoms with E-state index in [0.29, 0.717) is 26.5 Å². The van der Waals surface area contributed by atoms with Gasteiger partial charge in [0.15, 0.2) is 11.4 Å². The Bertz CT molecular complexity index is 2780. The first-order chi connectivity index (χ1) is 24.2. The van der Waals surface area contributed by atoms with Crippen LogP contribution in [-0.4, -0.2) is 46.1 Å². The van der Waals surface area contributed by atoms with Gasteiger partial charge in [-0.2, -0.15) is 27.1 Å². The Morgan fingerprint density at radius 3 is 1.92 bits per heavy atom. The van der Waals surface area contributed by atoms with Crippen molar-refractivity contribution in [2.45, 2.75) is 16.7 Å². The van der Waals surface area contributed by atoms with Crippen molar-refractivity contribution in [3.63, 3.8) is 0 Å². The van der Waals surface area contributed by atoms with E-state index in [-0.39, 0.29) is 32.6 Å². The van der Waals surface area contributed by atoms with Crippen LogP contribution in [0.4, 0.5) is 22.7 Å². The lowest BCUT2D eigenvalue weighted by molar-refractivity contribution is 0.453. The number of phenolic OH excluding ortho intramolecular Hbond substituents is 2. The molecule has 0 saturated heterocycles. The van der Waals surface area contributed by atoms with Gasteiger partial charge in [-0.15, -0.1) is 32.9 Å². The molecular formula is C33H22N6O8S4. The Balaban J connectivity index is 1.10. The van der Waals surface area contributed by atoms with Crippen molar-refractivity contribution in [1.29, 1.82) is 0 Å². The molecule has 0 saturated carbocycles. The number of aromatic hydroxyl groups is 2. The van der Waals surface area contributed by atoms with Gasteiger partial charge in [0.2, 0.25) is 0 Å². The largest absolute Gasteiger partial charge is 0.505 e. The number of fused-ring (bicyclic) bond motifs is 2. The summed E-state index contributed by atoms with van der Waals surface area (Å²) in [7, 11) is -8.79. The summed E-state index contributed by atoms with van der Waals surface area (Å²) in [5.41, 5.74) is 3.65. The van der Waals surface area contributed by atoms with Crippen LogP contribution >= 0.6 is 22.7 Å². The van der Waals surface area contributed by atoms with Crippen molar-refractivity contribution in [1.82, 2.24) is 9.97 Å². The molecule has 0 unspecified atom stereocenters. The minimum absolute atomic E-state index is 0.0314. The fraction of sp³-hybridized carbons (Fsp3) is 0.0303. The maximum Gasteiger partial charge on any atom is 0.296 e. The molecule has 256 valence electrons. The smallest absolute Gasteiger partial charge is 0.296 e. The highest BCUT2D eigenvalue weighted by Gasteiger charge is 2.21. The van der Waals surface area contributed by atoms with E-state index in [9.17, 15) is 31.6 Å². The van der Waals surface area contributed by atoms with E-state index in [1.54, 1.807) is 43.3 Å². The van der Waals surface area contributed by atoms with Gasteiger partial charge in [-0.1, -0.05) is 6.07 Å². The fourth-order valence-electron chi connectivity index (χ4n) is 5.00. The summed E-state index contributed by atoms with van der Waals surface area (Å²) < 4.78 is 66.7. The first-order valence-corrected chi connectivity index (χ1v) is 19.1. The monoisotopic (exact) mass is 758 g/mol. The van der Waals surface area contributed by atoms with E-state index in [2.05, 4.69) is 25.4 Å². The summed E-state index contributed by atoms with van der Waals surface area (Å²) >= 11 is 2.64. The van der Waals surface area contributed by atoms with Gasteiger partial charge < -0.3 is 10.2 Å². The number of hydrogen-bond donors (Lipinski definition) is 4. The lowest BCUT2D eigenvalue weighted by Crippen LogP contribution is -2.00. The molecule has 5 aromatic carbocycles. The van der Waals surface area contributed by atoms with Crippen LogP contribution in [0.15, 0.2) is 121 Å². The van der Waals surface area contributed by atoms with Crippen LogP contribution in [0, 0.1) is 6.92 Å². The van der Waals surface area contributed by atoms with Crippen molar-refractivity contribution in [2.75, 3.05) is 0 Å². The van der Waals surface area contributed by atoms with E-state index < -0.39 is 26.0 Å². The van der Waals surface area contributed by atoms with Crippen molar-refractivity contribution in [3.05, 3.63) is 96.6 Å². The van der Waals surface area contributed by atoms with Crippen LogP contribution in [-0.2, 0) is 20.2 Å². The number of azo groups is 2. The van der Waals surface area contributed by atoms with Crippen molar-refractivity contribution < 1.29 is 36.2 Å². The summed E-state index contributed by atoms with van der Waals surface area (Å²) in [6.07, 6.45) is 0. The van der Waals surface area contributed by atoms with Gasteiger partial charge in [0.05, 0.1) is 36.7 Å². The van der Waals surface area contributed by atoms with Crippen LogP contribution in [0.1, 0.15) is 5.56 Å². The summed E-state index contributed by atoms with van der Waals surface area (Å²) in [6.45, 7) is 1.62. The van der Waals surface area contributed by atoms with Gasteiger partial charge in [0.25, 0.3) is 20.2 Å². The molecule has 18 heteroatoms. The summed E-state index contributed by atoms with van der Waals surface area (Å²) in [5, 5.41) is 38.4. The zero-order chi connectivity index (χ0) is 36.1. The molecular weight excluding hydrogens is 737 g/mol. The number of nitrogens with zero attached hydrogens (tertiary/aromatic N) is 6. The molecule has 4 N–H and O–H groups in total. The Kier molecular flexibility index (Phi) is 8.66. The first kappa shape index (κ1) is 34.0. The van der Waals surface area contributed by atoms with Crippen LogP contribution in [0.5, 0.6) is 11.5 Å². The van der Waals surface area contributed by atoms with Crippen LogP contribution in [0.3, 0.4) is 0 Å². The molecule has 51 heavy (non-hydrogen) atoms. The molecule has 7 aromatic rings. The molecule has 0 aliphatic heterocycles. The van der Waals surface area contributed by atoms with Crippen LogP contribution in [0.2, 0.25) is 0 Å². The van der Waals surface area contributed by atoms with Crippen molar-refractivity contribution >= 4 is 86.1 Å². The van der Waals surface area contributed by atoms with Crippen molar-refractivity contribution in [2.24, 2.45) is 20.5 Å². The van der Waals surface area contributed by atoms with Gasteiger partial charge in [0.1, 0.15) is 26.3 Å². The zero-order valence-electron chi connectivity index (χ0n) is 25.9. The maximum absolute atomic E-state index is 12.1. The molecule has 2 heterocycles. The molecule has 7 rings (SSSR count). The molecule has 0 aliphatic rings. The Hall–Kier alpha value is -5.50. The Morgan fingerprint density at radius 2 is 1.24 bits per heavy atom. The number of rotatable bonds is 8. The topological polar surface area (TPSA) is 224 Å². The number of phenols is 2. The second-order valence-corrected chi connectivity index (χ2v) is 15.8. The van der Waals surface area contributed by atoms with E-state index in [1.165, 1.54) is 46.9 Å². The predicted octanol–water partition coefficient (Wildman–Crippen LogP) is 9.28. The third kappa shape index (κ3) is 6.96. The van der Waals surface area contributed by atoms with E-state index in [1.807, 2.05) is 18.2 Å². The first-order valence-electron chi connectivity index (χ1n) is 14.6. The van der Waals surface area contributed by atoms with Gasteiger partial charge >= 0.3 is 0 Å². The Morgan fingerprint density at radius 1 is 0.627 bits per heavy atom. The summed E-state index contributed by atoms with van der Waals surface area (Å²) in [5.74, 6) is -0.833. The summed E-state index contributed by atoms with van der Waals surface area (Å²) in [4.78, 5) is 8.91. The van der Waals surface area contributed by atoms with Crippen molar-refractivity contribution in [3.8, 4) is 32.6 Å². The second kappa shape index (κ2) is 13.0. The number of aromatic nitrogens is 2. The highest BCUT2D eigenvalue weighted by Crippen LogP contribution is 2.44. The number of thiazole rings is 2. The minimum atomic E-state index is -4.43. The second-order valence-electron chi connectivity index (χ2n) is 11.0. The average Bonchev–Trinajstić information content (AvgIpc) is 3.71. The average molecular weight is 759 g/mol. The molecule has 0 amide bonds. The molecule has 14 nitrogen and oxygen atoms in total. The fourth-order valence-corrected chi connectivity index (χ4v) is 8.80. The third-order valence-electron chi connectivity index (χ3n) is 7.50. The highest BCUT2D eigenvalue weighted by atomic mass is 32.2. The predicted molar refractivity (Wildman–Crippen MR) is 193 cm³/mol. The molecule has 0 fully saturated rings. The van der Waals surface area contributed by atoms with E-state index in [0.717, 1.165) is 38.5 Å². The van der Waals surface area contributed by atoms with Gasteiger partial charge in [0, 0.05) is 11.1 Å². The number of benzene rings is 5. The number of hydrogen-bond acceptors (Lipinski definition) is 14. The zero-order valence-corrected chi connectivity index (χ0v) is 29.2. The van der Waals surface area contributed by atoms with E-state index >= 15 is 0 Å². The number of aryl methyl sites for hydroxylation is 1. The molecule has 0 aliphatic carbocycles. The normalized spacial score (nSPS) is 12.5. The lowest BCUT2D eigenvalue weighted by atomic mass is 10.2. The standard InChI is InChI=1S/C33H22N6O8S4/c1-17-2-12-25-30(31(17)51(45,46)47)49-33(35-25)19-5-13-23-27(16-19)48-32(34-23)18-3-6-20(7-4-18)37-39-28-26(40)15-14-24(29(28)41)38-36-21-8-10-22(11-9-21)50(42,43)44/h2-16,40-41H,1H3,(H,42,43,44)(H,45,46,47). The van der Waals surface area contributed by atoms with Crippen LogP contribution in [0.25, 0.3) is 41.6 Å². The lowest BCUT2D eigenvalue weighted by Gasteiger charge is -2.04. The van der Waals surface area contributed by atoms with Gasteiger partial charge in [-0.05, 0) is 97.4 Å². The molecule has 0 spiro atoms. The van der Waals surface area contributed by atoms with Crippen LogP contribution < -0.4 is 0 Å². The Labute approximate surface area is 297 Å². The maximum atomic E-state index is 12.1. The third-order valence-corrected chi connectivity index (χ3v) is 11.7. The molecule has 0 atom stereocenters. The quantitative estimate of drug-likeness (QED) is 0.0848. The summed E-state index contributed by atoms with van der Waals surface area (Å²) in [6, 6.07) is 23.5. The van der Waals surface area contributed by atoms with Gasteiger partial charge in [-0.25, -0.2) is 9.97 Å². The SMILES string of the molecule is Cc1ccc2nc(-c3ccc4nc(-c5ccc(N=Nc6c(O)ccc(N=Nc7ccc(S(=O)(=O)O)cc7)c6O)cc5)sc4c3)sc2c1S(=O)(=O)O.